The first-order valence-corrected chi connectivity index (χ1v) is 9.05. The first kappa shape index (κ1) is 16.1. The molecule has 23 heavy (non-hydrogen) atoms. The minimum absolute atomic E-state index is 0.129. The van der Waals surface area contributed by atoms with Crippen molar-refractivity contribution in [3.8, 4) is 10.6 Å². The van der Waals surface area contributed by atoms with E-state index < -0.39 is 0 Å². The van der Waals surface area contributed by atoms with E-state index in [1.807, 2.05) is 11.4 Å². The molecule has 1 aliphatic rings. The zero-order chi connectivity index (χ0) is 16.2. The van der Waals surface area contributed by atoms with Crippen LogP contribution in [-0.2, 0) is 11.3 Å². The van der Waals surface area contributed by atoms with Crippen LogP contribution < -0.4 is 5.32 Å². The Kier molecular flexibility index (Phi) is 5.08. The average molecular weight is 329 g/mol. The zero-order valence-electron chi connectivity index (χ0n) is 13.7. The average Bonchev–Trinajstić information content (AvgIpc) is 3.22. The van der Waals surface area contributed by atoms with Crippen molar-refractivity contribution in [3.05, 3.63) is 40.9 Å². The first-order chi connectivity index (χ1) is 11.2. The number of benzene rings is 1. The van der Waals surface area contributed by atoms with Gasteiger partial charge >= 0.3 is 0 Å². The molecule has 0 saturated carbocycles. The molecule has 3 rings (SSSR count). The van der Waals surface area contributed by atoms with Gasteiger partial charge in [-0.25, -0.2) is 4.98 Å². The van der Waals surface area contributed by atoms with Crippen molar-refractivity contribution in [1.29, 1.82) is 0 Å². The predicted molar refractivity (Wildman–Crippen MR) is 94.4 cm³/mol. The van der Waals surface area contributed by atoms with Crippen LogP contribution in [-0.4, -0.2) is 35.4 Å². The van der Waals surface area contributed by atoms with Gasteiger partial charge in [-0.3, -0.25) is 4.79 Å². The Labute approximate surface area is 141 Å². The lowest BCUT2D eigenvalue weighted by molar-refractivity contribution is -0.124. The van der Waals surface area contributed by atoms with Gasteiger partial charge in [0.05, 0.1) is 18.2 Å². The Balaban J connectivity index is 1.56. The van der Waals surface area contributed by atoms with Crippen LogP contribution in [0.2, 0.25) is 0 Å². The van der Waals surface area contributed by atoms with Gasteiger partial charge in [0.2, 0.25) is 5.91 Å². The van der Waals surface area contributed by atoms with Crippen LogP contribution in [0.25, 0.3) is 10.6 Å². The summed E-state index contributed by atoms with van der Waals surface area (Å²) in [5.74, 6) is 0.288. The summed E-state index contributed by atoms with van der Waals surface area (Å²) in [6, 6.07) is 8.34. The van der Waals surface area contributed by atoms with Gasteiger partial charge in [-0.1, -0.05) is 30.7 Å². The number of carbonyl (C=O) groups is 1. The second-order valence-corrected chi connectivity index (χ2v) is 6.97. The molecule has 0 aliphatic carbocycles. The van der Waals surface area contributed by atoms with Gasteiger partial charge in [-0.2, -0.15) is 0 Å². The van der Waals surface area contributed by atoms with Crippen LogP contribution in [0, 0.1) is 12.8 Å². The molecule has 5 heteroatoms. The lowest BCUT2D eigenvalue weighted by Crippen LogP contribution is -2.32. The van der Waals surface area contributed by atoms with Crippen molar-refractivity contribution < 1.29 is 4.79 Å². The quantitative estimate of drug-likeness (QED) is 0.917. The summed E-state index contributed by atoms with van der Waals surface area (Å²) in [5, 5.41) is 6.08. The van der Waals surface area contributed by atoms with Gasteiger partial charge < -0.3 is 10.2 Å². The third-order valence-electron chi connectivity index (χ3n) is 4.35. The van der Waals surface area contributed by atoms with Gasteiger partial charge in [0.25, 0.3) is 0 Å². The Morgan fingerprint density at radius 2 is 2.35 bits per heavy atom. The molecule has 1 fully saturated rings. The van der Waals surface area contributed by atoms with Crippen molar-refractivity contribution in [1.82, 2.24) is 15.2 Å². The number of carbonyl (C=O) groups excluding carboxylic acids is 1. The highest BCUT2D eigenvalue weighted by Crippen LogP contribution is 2.24. The monoisotopic (exact) mass is 329 g/mol. The van der Waals surface area contributed by atoms with Crippen LogP contribution in [0.15, 0.2) is 29.6 Å². The van der Waals surface area contributed by atoms with Crippen LogP contribution in [0.3, 0.4) is 0 Å². The number of aryl methyl sites for hydroxylation is 1. The fraction of sp³-hybridized carbons (Fsp3) is 0.444. The zero-order valence-corrected chi connectivity index (χ0v) is 14.5. The largest absolute Gasteiger partial charge is 0.350 e. The number of amides is 1. The van der Waals surface area contributed by atoms with Gasteiger partial charge in [0.15, 0.2) is 0 Å². The van der Waals surface area contributed by atoms with Crippen molar-refractivity contribution >= 4 is 17.2 Å². The Morgan fingerprint density at radius 3 is 3.09 bits per heavy atom. The van der Waals surface area contributed by atoms with E-state index in [1.165, 1.54) is 5.56 Å². The molecule has 1 aromatic heterocycles. The molecule has 1 amide bonds. The molecule has 2 aromatic rings. The number of nitrogens with one attached hydrogen (secondary N) is 1. The lowest BCUT2D eigenvalue weighted by Gasteiger charge is -2.12. The number of hydrogen-bond donors (Lipinski definition) is 1. The van der Waals surface area contributed by atoms with Gasteiger partial charge in [0.1, 0.15) is 5.01 Å². The van der Waals surface area contributed by atoms with E-state index >= 15 is 0 Å². The number of likely N-dealkylation sites (tertiary alicyclic amines) is 1. The van der Waals surface area contributed by atoms with E-state index in [4.69, 9.17) is 0 Å². The van der Waals surface area contributed by atoms with Gasteiger partial charge in [-0.05, 0) is 32.5 Å². The van der Waals surface area contributed by atoms with Crippen LogP contribution in [0.5, 0.6) is 0 Å². The molecule has 122 valence electrons. The number of rotatable bonds is 5. The second kappa shape index (κ2) is 7.23. The number of hydrogen-bond acceptors (Lipinski definition) is 4. The van der Waals surface area contributed by atoms with Crippen molar-refractivity contribution in [2.75, 3.05) is 19.6 Å². The maximum Gasteiger partial charge on any atom is 0.224 e. The molecule has 0 unspecified atom stereocenters. The van der Waals surface area contributed by atoms with E-state index in [9.17, 15) is 4.79 Å². The highest BCUT2D eigenvalue weighted by atomic mass is 32.1. The molecule has 0 bridgehead atoms. The summed E-state index contributed by atoms with van der Waals surface area (Å²) >= 11 is 1.63. The molecule has 1 saturated heterocycles. The summed E-state index contributed by atoms with van der Waals surface area (Å²) in [6.45, 7) is 7.68. The lowest BCUT2D eigenvalue weighted by atomic mass is 10.1. The molecule has 2 heterocycles. The summed E-state index contributed by atoms with van der Waals surface area (Å²) in [7, 11) is 0. The summed E-state index contributed by atoms with van der Waals surface area (Å²) in [4.78, 5) is 19.2. The summed E-state index contributed by atoms with van der Waals surface area (Å²) in [6.07, 6.45) is 0.964. The Bertz CT molecular complexity index is 682. The molecular formula is C18H23N3OS. The highest BCUT2D eigenvalue weighted by Gasteiger charge is 2.27. The van der Waals surface area contributed by atoms with Crippen molar-refractivity contribution in [3.63, 3.8) is 0 Å². The molecule has 1 N–H and O–H groups in total. The third-order valence-corrected chi connectivity index (χ3v) is 5.29. The number of thiazole rings is 1. The topological polar surface area (TPSA) is 45.2 Å². The van der Waals surface area contributed by atoms with Gasteiger partial charge in [0, 0.05) is 17.5 Å². The van der Waals surface area contributed by atoms with E-state index in [0.717, 1.165) is 42.3 Å². The minimum atomic E-state index is 0.129. The minimum Gasteiger partial charge on any atom is -0.350 e. The molecule has 4 nitrogen and oxygen atoms in total. The molecular weight excluding hydrogens is 306 g/mol. The summed E-state index contributed by atoms with van der Waals surface area (Å²) in [5.41, 5.74) is 3.31. The highest BCUT2D eigenvalue weighted by molar-refractivity contribution is 7.13. The molecule has 1 aromatic carbocycles. The van der Waals surface area contributed by atoms with Crippen molar-refractivity contribution in [2.45, 2.75) is 26.8 Å². The standard InChI is InChI=1S/C18H23N3OS/c1-3-21-8-7-15(11-21)17(22)19-10-16-12-23-18(20-16)14-6-4-5-13(2)9-14/h4-6,9,12,15H,3,7-8,10-11H2,1-2H3,(H,19,22)/t15-/m0/s1. The van der Waals surface area contributed by atoms with Crippen LogP contribution in [0.4, 0.5) is 0 Å². The second-order valence-electron chi connectivity index (χ2n) is 6.11. The van der Waals surface area contributed by atoms with Crippen LogP contribution in [0.1, 0.15) is 24.6 Å². The van der Waals surface area contributed by atoms with E-state index in [0.29, 0.717) is 6.54 Å². The predicted octanol–water partition coefficient (Wildman–Crippen LogP) is 3.08. The van der Waals surface area contributed by atoms with Gasteiger partial charge in [-0.15, -0.1) is 11.3 Å². The maximum atomic E-state index is 12.2. The molecule has 0 spiro atoms. The van der Waals surface area contributed by atoms with Crippen LogP contribution >= 0.6 is 11.3 Å². The van der Waals surface area contributed by atoms with Crippen molar-refractivity contribution in [2.24, 2.45) is 5.92 Å². The molecule has 1 aliphatic heterocycles. The third kappa shape index (κ3) is 3.98. The maximum absolute atomic E-state index is 12.2. The smallest absolute Gasteiger partial charge is 0.224 e. The molecule has 1 atom stereocenters. The number of nitrogens with zero attached hydrogens (tertiary/aromatic N) is 2. The van der Waals surface area contributed by atoms with E-state index in [-0.39, 0.29) is 11.8 Å². The molecule has 0 radical (unpaired) electrons. The normalized spacial score (nSPS) is 18.3. The summed E-state index contributed by atoms with van der Waals surface area (Å²) < 4.78 is 0. The number of aromatic nitrogens is 1. The first-order valence-electron chi connectivity index (χ1n) is 8.17. The Hall–Kier alpha value is -1.72. The fourth-order valence-corrected chi connectivity index (χ4v) is 3.77. The van der Waals surface area contributed by atoms with E-state index in [1.54, 1.807) is 11.3 Å². The Morgan fingerprint density at radius 1 is 1.48 bits per heavy atom. The van der Waals surface area contributed by atoms with E-state index in [2.05, 4.69) is 47.2 Å². The SMILES string of the molecule is CCN1CC[C@H](C(=O)NCc2csc(-c3cccc(C)c3)n2)C1. The fourth-order valence-electron chi connectivity index (χ4n) is 2.95.